The molecule has 20 heavy (non-hydrogen) atoms. The molecule has 0 saturated heterocycles. The number of aromatic nitrogens is 1. The van der Waals surface area contributed by atoms with Crippen LogP contribution in [0.25, 0.3) is 9.88 Å². The van der Waals surface area contributed by atoms with Gasteiger partial charge in [0.1, 0.15) is 10.7 Å². The summed E-state index contributed by atoms with van der Waals surface area (Å²) >= 11 is 8.81. The Kier molecular flexibility index (Phi) is 4.07. The van der Waals surface area contributed by atoms with Crippen molar-refractivity contribution < 1.29 is 4.79 Å². The molecular weight excluding hydrogens is 314 g/mol. The van der Waals surface area contributed by atoms with E-state index in [4.69, 9.17) is 17.3 Å². The topological polar surface area (TPSA) is 68.0 Å². The third-order valence-corrected chi connectivity index (χ3v) is 5.49. The number of carbonyl (C=O) groups excluding carboxylic acids is 1. The van der Waals surface area contributed by atoms with Crippen LogP contribution in [0, 0.1) is 5.92 Å². The van der Waals surface area contributed by atoms with Crippen molar-refractivity contribution in [1.29, 1.82) is 0 Å². The maximum absolute atomic E-state index is 12.0. The van der Waals surface area contributed by atoms with Gasteiger partial charge in [0.05, 0.1) is 9.21 Å². The average Bonchev–Trinajstić information content (AvgIpc) is 3.01. The molecule has 0 radical (unpaired) electrons. The number of amides is 1. The Labute approximate surface area is 130 Å². The normalized spacial score (nSPS) is 16.1. The lowest BCUT2D eigenvalue weighted by Crippen LogP contribution is -2.38. The minimum absolute atomic E-state index is 0.0631. The zero-order valence-electron chi connectivity index (χ0n) is 10.6. The Balaban J connectivity index is 1.62. The number of rotatable bonds is 5. The molecule has 3 N–H and O–H groups in total. The van der Waals surface area contributed by atoms with Gasteiger partial charge in [-0.2, -0.15) is 0 Å². The van der Waals surface area contributed by atoms with Crippen LogP contribution in [0.5, 0.6) is 0 Å². The number of hydrogen-bond acceptors (Lipinski definition) is 5. The largest absolute Gasteiger partial charge is 0.349 e. The Morgan fingerprint density at radius 2 is 2.35 bits per heavy atom. The quantitative estimate of drug-likeness (QED) is 0.887. The number of nitrogens with two attached hydrogens (primary N) is 1. The lowest BCUT2D eigenvalue weighted by Gasteiger charge is -2.10. The fourth-order valence-corrected chi connectivity index (χ4v) is 3.83. The van der Waals surface area contributed by atoms with Crippen molar-refractivity contribution in [2.75, 3.05) is 6.54 Å². The molecule has 1 aliphatic rings. The van der Waals surface area contributed by atoms with E-state index in [1.165, 1.54) is 35.5 Å². The molecule has 0 aliphatic heterocycles. The molecule has 3 rings (SSSR count). The van der Waals surface area contributed by atoms with Crippen LogP contribution >= 0.6 is 34.3 Å². The first-order chi connectivity index (χ1) is 9.63. The number of nitrogens with zero attached hydrogens (tertiary/aromatic N) is 1. The molecule has 1 saturated carbocycles. The Bertz CT molecular complexity index is 621. The van der Waals surface area contributed by atoms with Gasteiger partial charge in [-0.25, -0.2) is 4.98 Å². The summed E-state index contributed by atoms with van der Waals surface area (Å²) in [6.07, 6.45) is 2.36. The zero-order chi connectivity index (χ0) is 14.1. The minimum Gasteiger partial charge on any atom is -0.349 e. The van der Waals surface area contributed by atoms with E-state index in [0.29, 0.717) is 18.2 Å². The van der Waals surface area contributed by atoms with E-state index in [9.17, 15) is 4.79 Å². The minimum atomic E-state index is -0.161. The molecule has 1 aliphatic carbocycles. The fourth-order valence-electron chi connectivity index (χ4n) is 1.91. The monoisotopic (exact) mass is 327 g/mol. The van der Waals surface area contributed by atoms with Crippen LogP contribution < -0.4 is 11.1 Å². The summed E-state index contributed by atoms with van der Waals surface area (Å²) in [6, 6.07) is 3.81. The molecular formula is C13H14ClN3OS2. The van der Waals surface area contributed by atoms with E-state index in [-0.39, 0.29) is 11.9 Å². The highest BCUT2D eigenvalue weighted by Gasteiger charge is 2.28. The van der Waals surface area contributed by atoms with Crippen molar-refractivity contribution in [3.8, 4) is 9.88 Å². The van der Waals surface area contributed by atoms with E-state index < -0.39 is 0 Å². The third-order valence-electron chi connectivity index (χ3n) is 3.25. The SMILES string of the molecule is NC(CNC(=O)c1csc(-c2ccc(Cl)s2)n1)C1CC1. The first-order valence-electron chi connectivity index (χ1n) is 6.38. The predicted octanol–water partition coefficient (Wildman–Crippen LogP) is 2.99. The molecule has 7 heteroatoms. The maximum atomic E-state index is 12.0. The molecule has 0 aromatic carbocycles. The molecule has 2 heterocycles. The van der Waals surface area contributed by atoms with Crippen molar-refractivity contribution >= 4 is 40.2 Å². The van der Waals surface area contributed by atoms with Crippen LogP contribution in [-0.2, 0) is 0 Å². The van der Waals surface area contributed by atoms with Gasteiger partial charge in [0.2, 0.25) is 0 Å². The van der Waals surface area contributed by atoms with Gasteiger partial charge in [-0.05, 0) is 30.9 Å². The van der Waals surface area contributed by atoms with Crippen molar-refractivity contribution in [2.24, 2.45) is 11.7 Å². The van der Waals surface area contributed by atoms with Gasteiger partial charge >= 0.3 is 0 Å². The van der Waals surface area contributed by atoms with E-state index in [1.807, 2.05) is 12.1 Å². The summed E-state index contributed by atoms with van der Waals surface area (Å²) in [5.74, 6) is 0.417. The van der Waals surface area contributed by atoms with E-state index in [2.05, 4.69) is 10.3 Å². The molecule has 2 aromatic rings. The van der Waals surface area contributed by atoms with Crippen LogP contribution in [-0.4, -0.2) is 23.5 Å². The van der Waals surface area contributed by atoms with Crippen LogP contribution in [0.15, 0.2) is 17.5 Å². The van der Waals surface area contributed by atoms with Gasteiger partial charge in [-0.15, -0.1) is 22.7 Å². The van der Waals surface area contributed by atoms with Crippen molar-refractivity contribution in [2.45, 2.75) is 18.9 Å². The van der Waals surface area contributed by atoms with Crippen LogP contribution in [0.1, 0.15) is 23.3 Å². The highest BCUT2D eigenvalue weighted by molar-refractivity contribution is 7.23. The molecule has 2 aromatic heterocycles. The number of halogens is 1. The van der Waals surface area contributed by atoms with Crippen molar-refractivity contribution in [3.63, 3.8) is 0 Å². The first-order valence-corrected chi connectivity index (χ1v) is 8.46. The number of nitrogens with one attached hydrogen (secondary N) is 1. The second-order valence-corrected chi connectivity index (χ2v) is 7.43. The average molecular weight is 328 g/mol. The molecule has 1 amide bonds. The second-order valence-electron chi connectivity index (χ2n) is 4.85. The molecule has 0 spiro atoms. The van der Waals surface area contributed by atoms with Gasteiger partial charge in [-0.1, -0.05) is 11.6 Å². The molecule has 4 nitrogen and oxygen atoms in total. The van der Waals surface area contributed by atoms with Crippen LogP contribution in [0.4, 0.5) is 0 Å². The molecule has 0 bridgehead atoms. The number of carbonyl (C=O) groups is 1. The molecule has 1 atom stereocenters. The van der Waals surface area contributed by atoms with Gasteiger partial charge in [0.15, 0.2) is 0 Å². The fraction of sp³-hybridized carbons (Fsp3) is 0.385. The highest BCUT2D eigenvalue weighted by atomic mass is 35.5. The maximum Gasteiger partial charge on any atom is 0.270 e. The highest BCUT2D eigenvalue weighted by Crippen LogP contribution is 2.33. The van der Waals surface area contributed by atoms with Gasteiger partial charge < -0.3 is 11.1 Å². The van der Waals surface area contributed by atoms with E-state index in [1.54, 1.807) is 5.38 Å². The molecule has 1 fully saturated rings. The van der Waals surface area contributed by atoms with Crippen LogP contribution in [0.3, 0.4) is 0 Å². The Morgan fingerprint density at radius 3 is 3.00 bits per heavy atom. The second kappa shape index (κ2) is 5.81. The predicted molar refractivity (Wildman–Crippen MR) is 83.5 cm³/mol. The van der Waals surface area contributed by atoms with Gasteiger partial charge in [0.25, 0.3) is 5.91 Å². The first kappa shape index (κ1) is 14.0. The summed E-state index contributed by atoms with van der Waals surface area (Å²) in [5, 5.41) is 5.43. The molecule has 106 valence electrons. The van der Waals surface area contributed by atoms with Crippen molar-refractivity contribution in [3.05, 3.63) is 27.5 Å². The summed E-state index contributed by atoms with van der Waals surface area (Å²) in [6.45, 7) is 0.515. The number of hydrogen-bond donors (Lipinski definition) is 2. The number of thiophene rings is 1. The summed E-state index contributed by atoms with van der Waals surface area (Å²) in [7, 11) is 0. The van der Waals surface area contributed by atoms with Crippen molar-refractivity contribution in [1.82, 2.24) is 10.3 Å². The Morgan fingerprint density at radius 1 is 1.55 bits per heavy atom. The van der Waals surface area contributed by atoms with E-state index in [0.717, 1.165) is 14.2 Å². The number of thiazole rings is 1. The Hall–Kier alpha value is -0.950. The zero-order valence-corrected chi connectivity index (χ0v) is 13.0. The standard InChI is InChI=1S/C13H14ClN3OS2/c14-11-4-3-10(20-11)13-17-9(6-19-13)12(18)16-5-8(15)7-1-2-7/h3-4,6-8H,1-2,5,15H2,(H,16,18). The van der Waals surface area contributed by atoms with Gasteiger partial charge in [0, 0.05) is 18.0 Å². The van der Waals surface area contributed by atoms with E-state index >= 15 is 0 Å². The van der Waals surface area contributed by atoms with Crippen LogP contribution in [0.2, 0.25) is 4.34 Å². The smallest absolute Gasteiger partial charge is 0.270 e. The lowest BCUT2D eigenvalue weighted by atomic mass is 10.2. The molecule has 1 unspecified atom stereocenters. The summed E-state index contributed by atoms with van der Waals surface area (Å²) in [5.41, 5.74) is 6.40. The third kappa shape index (κ3) is 3.20. The summed E-state index contributed by atoms with van der Waals surface area (Å²) in [4.78, 5) is 17.3. The summed E-state index contributed by atoms with van der Waals surface area (Å²) < 4.78 is 0.719. The van der Waals surface area contributed by atoms with Gasteiger partial charge in [-0.3, -0.25) is 4.79 Å². The lowest BCUT2D eigenvalue weighted by molar-refractivity contribution is 0.0946.